The lowest BCUT2D eigenvalue weighted by molar-refractivity contribution is 0.00676. The van der Waals surface area contributed by atoms with Gasteiger partial charge in [0, 0.05) is 13.1 Å². The van der Waals surface area contributed by atoms with Crippen molar-refractivity contribution >= 4 is 10.2 Å². The van der Waals surface area contributed by atoms with Crippen molar-refractivity contribution < 1.29 is 18.6 Å². The van der Waals surface area contributed by atoms with Gasteiger partial charge in [0.1, 0.15) is 0 Å². The largest absolute Gasteiger partial charge is 0.393 e. The molecule has 0 fully saturated rings. The Morgan fingerprint density at radius 3 is 2.31 bits per heavy atom. The highest BCUT2D eigenvalue weighted by atomic mass is 32.2. The van der Waals surface area contributed by atoms with Gasteiger partial charge in [-0.3, -0.25) is 0 Å². The lowest BCUT2D eigenvalue weighted by Gasteiger charge is -2.20. The highest BCUT2D eigenvalue weighted by molar-refractivity contribution is 7.87. The molecule has 0 aliphatic heterocycles. The molecule has 4 N–H and O–H groups in total. The predicted octanol–water partition coefficient (Wildman–Crippen LogP) is -1.83. The molecule has 0 bridgehead atoms. The minimum atomic E-state index is -3.55. The van der Waals surface area contributed by atoms with E-state index in [0.29, 0.717) is 0 Å². The number of aliphatic hydroxyl groups is 2. The molecule has 6 nitrogen and oxygen atoms in total. The number of hydrogen-bond donors (Lipinski definition) is 4. The molecule has 0 amide bonds. The van der Waals surface area contributed by atoms with E-state index >= 15 is 0 Å². The van der Waals surface area contributed by atoms with Gasteiger partial charge in [0.25, 0.3) is 10.2 Å². The molecule has 0 saturated carbocycles. The summed E-state index contributed by atoms with van der Waals surface area (Å²) in [4.78, 5) is 0. The van der Waals surface area contributed by atoms with Gasteiger partial charge in [-0.2, -0.15) is 13.1 Å². The van der Waals surface area contributed by atoms with Gasteiger partial charge in [-0.25, -0.2) is 4.72 Å². The minimum absolute atomic E-state index is 0.223. The first-order valence-electron chi connectivity index (χ1n) is 3.90. The van der Waals surface area contributed by atoms with Crippen LogP contribution in [0.3, 0.4) is 0 Å². The molecule has 13 heavy (non-hydrogen) atoms. The Labute approximate surface area is 78.1 Å². The third-order valence-electron chi connectivity index (χ3n) is 1.32. The smallest absolute Gasteiger partial charge is 0.276 e. The van der Waals surface area contributed by atoms with Crippen molar-refractivity contribution in [1.82, 2.24) is 9.44 Å². The predicted molar refractivity (Wildman–Crippen MR) is 48.3 cm³/mol. The highest BCUT2D eigenvalue weighted by Gasteiger charge is 2.21. The molecule has 0 spiro atoms. The van der Waals surface area contributed by atoms with Crippen molar-refractivity contribution in [3.05, 3.63) is 0 Å². The summed E-state index contributed by atoms with van der Waals surface area (Å²) in [5, 5.41) is 17.9. The average molecular weight is 212 g/mol. The molecule has 0 heterocycles. The quantitative estimate of drug-likeness (QED) is 0.416. The molecule has 0 aliphatic rings. The van der Waals surface area contributed by atoms with E-state index in [1.165, 1.54) is 6.92 Å². The van der Waals surface area contributed by atoms with E-state index in [2.05, 4.69) is 9.44 Å². The van der Waals surface area contributed by atoms with E-state index in [0.717, 1.165) is 0 Å². The Bertz CT molecular complexity index is 237. The van der Waals surface area contributed by atoms with Gasteiger partial charge < -0.3 is 10.2 Å². The summed E-state index contributed by atoms with van der Waals surface area (Å²) in [6.07, 6.45) is 0. The summed E-state index contributed by atoms with van der Waals surface area (Å²) >= 11 is 0. The molecular weight excluding hydrogens is 196 g/mol. The zero-order chi connectivity index (χ0) is 10.5. The van der Waals surface area contributed by atoms with Crippen LogP contribution in [0, 0.1) is 0 Å². The summed E-state index contributed by atoms with van der Waals surface area (Å²) in [5.74, 6) is 0. The van der Waals surface area contributed by atoms with Crippen LogP contribution in [0.4, 0.5) is 0 Å². The van der Waals surface area contributed by atoms with Crippen molar-refractivity contribution in [1.29, 1.82) is 0 Å². The lowest BCUT2D eigenvalue weighted by Crippen LogP contribution is -2.46. The molecule has 1 atom stereocenters. The summed E-state index contributed by atoms with van der Waals surface area (Å²) in [5.41, 5.74) is -1.43. The molecule has 0 saturated heterocycles. The van der Waals surface area contributed by atoms with Gasteiger partial charge in [0.2, 0.25) is 0 Å². The van der Waals surface area contributed by atoms with Gasteiger partial charge in [0.15, 0.2) is 0 Å². The molecule has 0 aliphatic carbocycles. The van der Waals surface area contributed by atoms with Crippen LogP contribution in [0.2, 0.25) is 0 Å². The summed E-state index contributed by atoms with van der Waals surface area (Å²) in [6, 6.07) is 0. The van der Waals surface area contributed by atoms with Crippen molar-refractivity contribution in [3.63, 3.8) is 0 Å². The van der Waals surface area contributed by atoms with Crippen LogP contribution in [-0.2, 0) is 10.2 Å². The molecule has 80 valence electrons. The highest BCUT2D eigenvalue weighted by Crippen LogP contribution is 1.98. The Balaban J connectivity index is 4.02. The molecule has 7 heteroatoms. The van der Waals surface area contributed by atoms with E-state index in [1.807, 2.05) is 0 Å². The second kappa shape index (κ2) is 4.87. The van der Waals surface area contributed by atoms with E-state index in [4.69, 9.17) is 5.11 Å². The normalized spacial score (nSPS) is 16.9. The molecule has 0 aromatic rings. The summed E-state index contributed by atoms with van der Waals surface area (Å²) < 4.78 is 26.2. The number of hydrogen-bond acceptors (Lipinski definition) is 4. The number of aliphatic hydroxyl groups excluding tert-OH is 1. The Kier molecular flexibility index (Phi) is 4.79. The van der Waals surface area contributed by atoms with Crippen LogP contribution >= 0.6 is 0 Å². The lowest BCUT2D eigenvalue weighted by atomic mass is 10.1. The topological polar surface area (TPSA) is 98.7 Å². The maximum atomic E-state index is 11.0. The van der Waals surface area contributed by atoms with Crippen LogP contribution in [0.15, 0.2) is 0 Å². The van der Waals surface area contributed by atoms with E-state index < -0.39 is 22.4 Å². The van der Waals surface area contributed by atoms with Gasteiger partial charge in [-0.15, -0.1) is 0 Å². The molecule has 0 rings (SSSR count). The van der Waals surface area contributed by atoms with E-state index in [-0.39, 0.29) is 13.1 Å². The second-order valence-corrected chi connectivity index (χ2v) is 4.56. The van der Waals surface area contributed by atoms with Crippen LogP contribution in [0.1, 0.15) is 13.8 Å². The molecule has 0 aromatic carbocycles. The van der Waals surface area contributed by atoms with Crippen LogP contribution in [0.5, 0.6) is 0 Å². The fraction of sp³-hybridized carbons (Fsp3) is 1.00. The summed E-state index contributed by atoms with van der Waals surface area (Å²) in [7, 11) is -3.55. The van der Waals surface area contributed by atoms with Gasteiger partial charge in [0.05, 0.1) is 12.2 Å². The second-order valence-electron chi connectivity index (χ2n) is 2.98. The standard InChI is InChI=1S/C6H16N2O4S/c1-3-7-13(11,12)8-4-6(2,10)5-9/h7-10H,3-5H2,1-2H3. The van der Waals surface area contributed by atoms with Gasteiger partial charge in [-0.1, -0.05) is 6.92 Å². The van der Waals surface area contributed by atoms with E-state index in [9.17, 15) is 13.5 Å². The molecule has 0 radical (unpaired) electrons. The van der Waals surface area contributed by atoms with Gasteiger partial charge in [-0.05, 0) is 6.92 Å². The maximum Gasteiger partial charge on any atom is 0.276 e. The molecule has 1 unspecified atom stereocenters. The first-order valence-corrected chi connectivity index (χ1v) is 5.39. The maximum absolute atomic E-state index is 11.0. The monoisotopic (exact) mass is 212 g/mol. The SMILES string of the molecule is CCNS(=O)(=O)NCC(C)(O)CO. The Morgan fingerprint density at radius 2 is 1.92 bits per heavy atom. The number of rotatable bonds is 6. The Hall–Kier alpha value is -0.210. The van der Waals surface area contributed by atoms with Crippen molar-refractivity contribution in [2.24, 2.45) is 0 Å². The molecular formula is C6H16N2O4S. The van der Waals surface area contributed by atoms with Crippen LogP contribution < -0.4 is 9.44 Å². The zero-order valence-electron chi connectivity index (χ0n) is 7.74. The van der Waals surface area contributed by atoms with Crippen molar-refractivity contribution in [2.75, 3.05) is 19.7 Å². The van der Waals surface area contributed by atoms with Gasteiger partial charge >= 0.3 is 0 Å². The van der Waals surface area contributed by atoms with Crippen LogP contribution in [-0.4, -0.2) is 43.9 Å². The number of nitrogens with one attached hydrogen (secondary N) is 2. The van der Waals surface area contributed by atoms with Crippen molar-refractivity contribution in [2.45, 2.75) is 19.4 Å². The first-order chi connectivity index (χ1) is 5.83. The third-order valence-corrected chi connectivity index (χ3v) is 2.51. The van der Waals surface area contributed by atoms with Crippen LogP contribution in [0.25, 0.3) is 0 Å². The van der Waals surface area contributed by atoms with Crippen molar-refractivity contribution in [3.8, 4) is 0 Å². The minimum Gasteiger partial charge on any atom is -0.393 e. The summed E-state index contributed by atoms with van der Waals surface area (Å²) in [6.45, 7) is 2.53. The average Bonchev–Trinajstić information content (AvgIpc) is 2.02. The fourth-order valence-electron chi connectivity index (χ4n) is 0.547. The fourth-order valence-corrected chi connectivity index (χ4v) is 1.53. The zero-order valence-corrected chi connectivity index (χ0v) is 8.56. The van der Waals surface area contributed by atoms with E-state index in [1.54, 1.807) is 6.92 Å². The third kappa shape index (κ3) is 5.94. The first kappa shape index (κ1) is 12.8. The molecule has 0 aromatic heterocycles. The Morgan fingerprint density at radius 1 is 1.38 bits per heavy atom.